The van der Waals surface area contributed by atoms with Crippen LogP contribution in [-0.2, 0) is 0 Å². The molecule has 0 aromatic carbocycles. The highest BCUT2D eigenvalue weighted by atomic mass is 19.1. The Hall–Kier alpha value is -1.29. The molecule has 0 spiro atoms. The topological polar surface area (TPSA) is 33.2 Å². The van der Waals surface area contributed by atoms with Crippen molar-refractivity contribution in [1.29, 1.82) is 0 Å². The van der Waals surface area contributed by atoms with E-state index in [1.807, 2.05) is 6.92 Å². The maximum atomic E-state index is 12.8. The van der Waals surface area contributed by atoms with E-state index >= 15 is 0 Å². The van der Waals surface area contributed by atoms with Gasteiger partial charge in [0.15, 0.2) is 5.78 Å². The fourth-order valence-corrected chi connectivity index (χ4v) is 2.97. The van der Waals surface area contributed by atoms with Gasteiger partial charge in [0, 0.05) is 18.5 Å². The molecule has 2 atom stereocenters. The molecule has 1 aliphatic heterocycles. The second-order valence-corrected chi connectivity index (χ2v) is 5.68. The first-order chi connectivity index (χ1) is 9.61. The molecule has 1 fully saturated rings. The fraction of sp³-hybridized carbons (Fsp3) is 0.625. The lowest BCUT2D eigenvalue weighted by atomic mass is 9.96. The zero-order chi connectivity index (χ0) is 14.5. The van der Waals surface area contributed by atoms with Gasteiger partial charge < -0.3 is 0 Å². The number of carbonyl (C=O) groups is 1. The summed E-state index contributed by atoms with van der Waals surface area (Å²) >= 11 is 0. The molecule has 2 heterocycles. The monoisotopic (exact) mass is 278 g/mol. The minimum Gasteiger partial charge on any atom is -0.300 e. The highest BCUT2D eigenvalue weighted by molar-refractivity contribution is 5.95. The van der Waals surface area contributed by atoms with E-state index in [1.165, 1.54) is 31.4 Å². The van der Waals surface area contributed by atoms with Crippen molar-refractivity contribution >= 4 is 5.78 Å². The number of nitrogens with zero attached hydrogens (tertiary/aromatic N) is 2. The third kappa shape index (κ3) is 3.63. The fourth-order valence-electron chi connectivity index (χ4n) is 2.97. The Balaban J connectivity index is 1.98. The number of ketones is 1. The molecule has 1 aromatic heterocycles. The Morgan fingerprint density at radius 1 is 1.50 bits per heavy atom. The lowest BCUT2D eigenvalue weighted by Gasteiger charge is -2.36. The number of halogens is 1. The van der Waals surface area contributed by atoms with Crippen molar-refractivity contribution in [1.82, 2.24) is 9.88 Å². The van der Waals surface area contributed by atoms with Crippen molar-refractivity contribution in [2.75, 3.05) is 13.1 Å². The number of pyridine rings is 1. The molecule has 0 N–H and O–H groups in total. The Morgan fingerprint density at radius 3 is 2.95 bits per heavy atom. The SMILES string of the molecule is CCC1CCCCN1CC(C)C(=O)c1ccc(F)cn1. The van der Waals surface area contributed by atoms with Crippen molar-refractivity contribution in [3.05, 3.63) is 29.8 Å². The van der Waals surface area contributed by atoms with E-state index in [0.29, 0.717) is 11.7 Å². The molecule has 2 unspecified atom stereocenters. The van der Waals surface area contributed by atoms with Crippen molar-refractivity contribution < 1.29 is 9.18 Å². The van der Waals surface area contributed by atoms with Gasteiger partial charge in [0.2, 0.25) is 0 Å². The first kappa shape index (κ1) is 15.1. The second kappa shape index (κ2) is 6.93. The van der Waals surface area contributed by atoms with Crippen LogP contribution in [0.5, 0.6) is 0 Å². The van der Waals surface area contributed by atoms with E-state index < -0.39 is 5.82 Å². The molecule has 1 saturated heterocycles. The summed E-state index contributed by atoms with van der Waals surface area (Å²) in [4.78, 5) is 18.6. The van der Waals surface area contributed by atoms with E-state index in [4.69, 9.17) is 0 Å². The number of hydrogen-bond donors (Lipinski definition) is 0. The van der Waals surface area contributed by atoms with Gasteiger partial charge in [-0.3, -0.25) is 14.7 Å². The summed E-state index contributed by atoms with van der Waals surface area (Å²) < 4.78 is 12.8. The molecular formula is C16H23FN2O. The zero-order valence-corrected chi connectivity index (χ0v) is 12.3. The molecule has 3 nitrogen and oxygen atoms in total. The average Bonchev–Trinajstić information content (AvgIpc) is 2.48. The van der Waals surface area contributed by atoms with Crippen molar-refractivity contribution in [2.45, 2.75) is 45.6 Å². The quantitative estimate of drug-likeness (QED) is 0.775. The Morgan fingerprint density at radius 2 is 2.30 bits per heavy atom. The van der Waals surface area contributed by atoms with E-state index in [1.54, 1.807) is 0 Å². The Kier molecular flexibility index (Phi) is 5.24. The average molecular weight is 278 g/mol. The van der Waals surface area contributed by atoms with Gasteiger partial charge in [0.1, 0.15) is 11.5 Å². The maximum Gasteiger partial charge on any atom is 0.185 e. The highest BCUT2D eigenvalue weighted by Crippen LogP contribution is 2.21. The largest absolute Gasteiger partial charge is 0.300 e. The molecule has 1 aliphatic rings. The summed E-state index contributed by atoms with van der Waals surface area (Å²) in [5.74, 6) is -0.498. The van der Waals surface area contributed by atoms with Gasteiger partial charge in [-0.2, -0.15) is 0 Å². The van der Waals surface area contributed by atoms with Crippen LogP contribution in [0.3, 0.4) is 0 Å². The first-order valence-corrected chi connectivity index (χ1v) is 7.51. The first-order valence-electron chi connectivity index (χ1n) is 7.51. The Bertz CT molecular complexity index is 446. The van der Waals surface area contributed by atoms with Crippen LogP contribution in [0.25, 0.3) is 0 Å². The summed E-state index contributed by atoms with van der Waals surface area (Å²) in [6.07, 6.45) is 5.97. The predicted molar refractivity (Wildman–Crippen MR) is 77.2 cm³/mol. The molecule has 2 rings (SSSR count). The number of rotatable bonds is 5. The van der Waals surface area contributed by atoms with Crippen LogP contribution in [0.4, 0.5) is 4.39 Å². The van der Waals surface area contributed by atoms with E-state index in [-0.39, 0.29) is 11.7 Å². The normalized spacial score (nSPS) is 21.6. The number of hydrogen-bond acceptors (Lipinski definition) is 3. The van der Waals surface area contributed by atoms with E-state index in [9.17, 15) is 9.18 Å². The third-order valence-electron chi connectivity index (χ3n) is 4.16. The van der Waals surface area contributed by atoms with Crippen molar-refractivity contribution in [3.63, 3.8) is 0 Å². The smallest absolute Gasteiger partial charge is 0.185 e. The van der Waals surface area contributed by atoms with E-state index in [2.05, 4.69) is 16.8 Å². The molecular weight excluding hydrogens is 255 g/mol. The van der Waals surface area contributed by atoms with Gasteiger partial charge in [-0.1, -0.05) is 20.3 Å². The second-order valence-electron chi connectivity index (χ2n) is 5.68. The molecule has 0 bridgehead atoms. The Labute approximate surface area is 120 Å². The van der Waals surface area contributed by atoms with Gasteiger partial charge in [-0.05, 0) is 37.9 Å². The maximum absolute atomic E-state index is 12.8. The summed E-state index contributed by atoms with van der Waals surface area (Å²) in [6, 6.07) is 3.37. The molecule has 20 heavy (non-hydrogen) atoms. The van der Waals surface area contributed by atoms with Crippen molar-refractivity contribution in [3.8, 4) is 0 Å². The molecule has 0 amide bonds. The standard InChI is InChI=1S/C16H23FN2O/c1-3-14-6-4-5-9-19(14)11-12(2)16(20)15-8-7-13(17)10-18-15/h7-8,10,12,14H,3-6,9,11H2,1-2H3. The molecule has 110 valence electrons. The summed E-state index contributed by atoms with van der Waals surface area (Å²) in [5.41, 5.74) is 0.365. The van der Waals surface area contributed by atoms with Crippen LogP contribution < -0.4 is 0 Å². The van der Waals surface area contributed by atoms with Gasteiger partial charge in [-0.25, -0.2) is 4.39 Å². The number of Topliss-reactive ketones (excluding diaryl/α,β-unsaturated/α-hetero) is 1. The molecule has 0 saturated carbocycles. The van der Waals surface area contributed by atoms with Crippen LogP contribution in [0, 0.1) is 11.7 Å². The lowest BCUT2D eigenvalue weighted by molar-refractivity contribution is 0.0815. The van der Waals surface area contributed by atoms with Crippen LogP contribution in [0.2, 0.25) is 0 Å². The number of likely N-dealkylation sites (tertiary alicyclic amines) is 1. The molecule has 0 radical (unpaired) electrons. The third-order valence-corrected chi connectivity index (χ3v) is 4.16. The predicted octanol–water partition coefficient (Wildman–Crippen LogP) is 3.30. The van der Waals surface area contributed by atoms with E-state index in [0.717, 1.165) is 25.7 Å². The summed E-state index contributed by atoms with van der Waals surface area (Å²) in [7, 11) is 0. The molecule has 0 aliphatic carbocycles. The van der Waals surface area contributed by atoms with Crippen LogP contribution in [0.1, 0.15) is 50.0 Å². The molecule has 1 aromatic rings. The van der Waals surface area contributed by atoms with Gasteiger partial charge in [-0.15, -0.1) is 0 Å². The zero-order valence-electron chi connectivity index (χ0n) is 12.3. The van der Waals surface area contributed by atoms with Crippen LogP contribution in [0.15, 0.2) is 18.3 Å². The lowest BCUT2D eigenvalue weighted by Crippen LogP contribution is -2.42. The molecule has 4 heteroatoms. The number of aromatic nitrogens is 1. The number of piperidine rings is 1. The van der Waals surface area contributed by atoms with Gasteiger partial charge in [0.05, 0.1) is 6.20 Å². The minimum atomic E-state index is -0.406. The van der Waals surface area contributed by atoms with Gasteiger partial charge in [0.25, 0.3) is 0 Å². The highest BCUT2D eigenvalue weighted by Gasteiger charge is 2.25. The van der Waals surface area contributed by atoms with Gasteiger partial charge >= 0.3 is 0 Å². The van der Waals surface area contributed by atoms with Crippen molar-refractivity contribution in [2.24, 2.45) is 5.92 Å². The number of carbonyl (C=O) groups excluding carboxylic acids is 1. The van der Waals surface area contributed by atoms with Crippen LogP contribution >= 0.6 is 0 Å². The summed E-state index contributed by atoms with van der Waals surface area (Å²) in [5, 5.41) is 0. The summed E-state index contributed by atoms with van der Waals surface area (Å²) in [6.45, 7) is 6.00. The minimum absolute atomic E-state index is 0.00502. The van der Waals surface area contributed by atoms with Crippen LogP contribution in [-0.4, -0.2) is 34.8 Å².